The highest BCUT2D eigenvalue weighted by atomic mass is 16.2. The lowest BCUT2D eigenvalue weighted by Crippen LogP contribution is -2.33. The average molecular weight is 404 g/mol. The Morgan fingerprint density at radius 1 is 1.17 bits per heavy atom. The number of nitrogens with zero attached hydrogens (tertiary/aromatic N) is 3. The lowest BCUT2D eigenvalue weighted by Gasteiger charge is -2.19. The molecule has 0 spiro atoms. The van der Waals surface area contributed by atoms with Crippen LogP contribution in [-0.2, 0) is 17.6 Å². The molecule has 2 aromatic heterocycles. The second kappa shape index (κ2) is 8.18. The van der Waals surface area contributed by atoms with E-state index in [1.807, 2.05) is 13.0 Å². The molecule has 7 nitrogen and oxygen atoms in total. The van der Waals surface area contributed by atoms with Crippen LogP contribution >= 0.6 is 0 Å². The minimum Gasteiger partial charge on any atom is -0.324 e. The Labute approximate surface area is 174 Å². The number of Topliss-reactive ketones (excluding diaryl/α,β-unsaturated/α-hetero) is 1. The van der Waals surface area contributed by atoms with Crippen molar-refractivity contribution in [2.45, 2.75) is 52.0 Å². The van der Waals surface area contributed by atoms with Gasteiger partial charge in [-0.2, -0.15) is 0 Å². The van der Waals surface area contributed by atoms with Crippen LogP contribution in [-0.4, -0.2) is 26.2 Å². The van der Waals surface area contributed by atoms with Gasteiger partial charge in [0, 0.05) is 16.9 Å². The van der Waals surface area contributed by atoms with Crippen molar-refractivity contribution in [1.29, 1.82) is 0 Å². The van der Waals surface area contributed by atoms with Gasteiger partial charge in [0.2, 0.25) is 5.91 Å². The molecule has 0 radical (unpaired) electrons. The molecule has 1 atom stereocenters. The van der Waals surface area contributed by atoms with E-state index in [2.05, 4.69) is 15.3 Å². The maximum absolute atomic E-state index is 13.2. The summed E-state index contributed by atoms with van der Waals surface area (Å²) in [5.41, 5.74) is 3.46. The van der Waals surface area contributed by atoms with E-state index in [0.717, 1.165) is 36.9 Å². The Balaban J connectivity index is 1.64. The van der Waals surface area contributed by atoms with E-state index >= 15 is 0 Å². The second-order valence-electron chi connectivity index (χ2n) is 7.68. The molecule has 30 heavy (non-hydrogen) atoms. The van der Waals surface area contributed by atoms with E-state index in [4.69, 9.17) is 0 Å². The standard InChI is InChI=1S/C23H24N4O3/c1-3-20(22(29)25-17-10-8-15(9-11-17)14(2)28)27-13-24-21-18(23(27)30)12-16-6-4-5-7-19(16)26-21/h8-13,20H,3-7H2,1-2H3,(H,25,29). The number of hydrogen-bond donors (Lipinski definition) is 1. The number of hydrogen-bond acceptors (Lipinski definition) is 5. The van der Waals surface area contributed by atoms with Gasteiger partial charge in [-0.05, 0) is 74.9 Å². The monoisotopic (exact) mass is 404 g/mol. The molecule has 0 saturated carbocycles. The number of aromatic nitrogens is 3. The zero-order valence-corrected chi connectivity index (χ0v) is 17.1. The Hall–Kier alpha value is -3.35. The van der Waals surface area contributed by atoms with E-state index < -0.39 is 6.04 Å². The maximum Gasteiger partial charge on any atom is 0.263 e. The lowest BCUT2D eigenvalue weighted by atomic mass is 9.95. The number of aryl methyl sites for hydroxylation is 2. The van der Waals surface area contributed by atoms with Crippen LogP contribution in [0.15, 0.2) is 41.5 Å². The van der Waals surface area contributed by atoms with Crippen molar-refractivity contribution in [2.24, 2.45) is 0 Å². The quantitative estimate of drug-likeness (QED) is 0.657. The number of amides is 1. The van der Waals surface area contributed by atoms with Crippen LogP contribution in [0, 0.1) is 0 Å². The maximum atomic E-state index is 13.2. The molecule has 7 heteroatoms. The summed E-state index contributed by atoms with van der Waals surface area (Å²) in [4.78, 5) is 46.4. The van der Waals surface area contributed by atoms with E-state index in [1.54, 1.807) is 24.3 Å². The summed E-state index contributed by atoms with van der Waals surface area (Å²) in [5, 5.41) is 3.28. The van der Waals surface area contributed by atoms with E-state index in [0.29, 0.717) is 28.7 Å². The average Bonchev–Trinajstić information content (AvgIpc) is 2.75. The van der Waals surface area contributed by atoms with Gasteiger partial charge in [0.15, 0.2) is 11.4 Å². The normalized spacial score (nSPS) is 14.2. The smallest absolute Gasteiger partial charge is 0.263 e. The van der Waals surface area contributed by atoms with Crippen molar-refractivity contribution in [3.05, 3.63) is 63.8 Å². The summed E-state index contributed by atoms with van der Waals surface area (Å²) < 4.78 is 1.39. The third kappa shape index (κ3) is 3.75. The fourth-order valence-electron chi connectivity index (χ4n) is 3.93. The SMILES string of the molecule is CCC(C(=O)Nc1ccc(C(C)=O)cc1)n1cnc2nc3c(cc2c1=O)CCCC3. The molecule has 1 unspecified atom stereocenters. The molecule has 1 aliphatic rings. The summed E-state index contributed by atoms with van der Waals surface area (Å²) in [6.07, 6.45) is 5.88. The summed E-state index contributed by atoms with van der Waals surface area (Å²) in [6, 6.07) is 7.89. The van der Waals surface area contributed by atoms with Crippen molar-refractivity contribution in [3.63, 3.8) is 0 Å². The molecule has 0 aliphatic heterocycles. The van der Waals surface area contributed by atoms with Crippen molar-refractivity contribution in [2.75, 3.05) is 5.32 Å². The topological polar surface area (TPSA) is 93.9 Å². The van der Waals surface area contributed by atoms with Gasteiger partial charge in [-0.15, -0.1) is 0 Å². The van der Waals surface area contributed by atoms with Crippen molar-refractivity contribution in [1.82, 2.24) is 14.5 Å². The first kappa shape index (κ1) is 19.9. The molecule has 1 aliphatic carbocycles. The van der Waals surface area contributed by atoms with Gasteiger partial charge >= 0.3 is 0 Å². The predicted octanol–water partition coefficient (Wildman–Crippen LogP) is 3.46. The van der Waals surface area contributed by atoms with Crippen LogP contribution in [0.25, 0.3) is 11.0 Å². The minimum atomic E-state index is -0.696. The fraction of sp³-hybridized carbons (Fsp3) is 0.348. The van der Waals surface area contributed by atoms with E-state index in [-0.39, 0.29) is 17.2 Å². The summed E-state index contributed by atoms with van der Waals surface area (Å²) in [6.45, 7) is 3.34. The van der Waals surface area contributed by atoms with Crippen LogP contribution in [0.3, 0.4) is 0 Å². The number of carbonyl (C=O) groups is 2. The third-order valence-electron chi connectivity index (χ3n) is 5.63. The molecular formula is C23H24N4O3. The Bertz CT molecular complexity index is 1180. The van der Waals surface area contributed by atoms with Gasteiger partial charge in [-0.1, -0.05) is 6.92 Å². The molecule has 0 saturated heterocycles. The van der Waals surface area contributed by atoms with Gasteiger partial charge in [0.1, 0.15) is 12.4 Å². The molecule has 2 heterocycles. The summed E-state index contributed by atoms with van der Waals surface area (Å²) in [5.74, 6) is -0.342. The van der Waals surface area contributed by atoms with Gasteiger partial charge in [-0.25, -0.2) is 9.97 Å². The number of pyridine rings is 1. The van der Waals surface area contributed by atoms with Crippen molar-refractivity contribution >= 4 is 28.4 Å². The number of rotatable bonds is 5. The molecule has 0 fully saturated rings. The van der Waals surface area contributed by atoms with Gasteiger partial charge < -0.3 is 5.32 Å². The zero-order valence-electron chi connectivity index (χ0n) is 17.1. The number of fused-ring (bicyclic) bond motifs is 2. The van der Waals surface area contributed by atoms with Crippen LogP contribution in [0.1, 0.15) is 60.8 Å². The van der Waals surface area contributed by atoms with Gasteiger partial charge in [-0.3, -0.25) is 19.0 Å². The van der Waals surface area contributed by atoms with Crippen LogP contribution < -0.4 is 10.9 Å². The summed E-state index contributed by atoms with van der Waals surface area (Å²) >= 11 is 0. The number of carbonyl (C=O) groups excluding carboxylic acids is 2. The highest BCUT2D eigenvalue weighted by molar-refractivity contribution is 5.96. The highest BCUT2D eigenvalue weighted by Gasteiger charge is 2.22. The minimum absolute atomic E-state index is 0.0381. The third-order valence-corrected chi connectivity index (χ3v) is 5.63. The molecule has 4 rings (SSSR count). The van der Waals surface area contributed by atoms with E-state index in [9.17, 15) is 14.4 Å². The summed E-state index contributed by atoms with van der Waals surface area (Å²) in [7, 11) is 0. The van der Waals surface area contributed by atoms with Gasteiger partial charge in [0.25, 0.3) is 5.56 Å². The largest absolute Gasteiger partial charge is 0.324 e. The molecule has 1 N–H and O–H groups in total. The first-order valence-corrected chi connectivity index (χ1v) is 10.3. The molecule has 1 aromatic carbocycles. The molecular weight excluding hydrogens is 380 g/mol. The predicted molar refractivity (Wildman–Crippen MR) is 115 cm³/mol. The number of anilines is 1. The van der Waals surface area contributed by atoms with Crippen molar-refractivity contribution < 1.29 is 9.59 Å². The number of nitrogens with one attached hydrogen (secondary N) is 1. The molecule has 0 bridgehead atoms. The van der Waals surface area contributed by atoms with Crippen LogP contribution in [0.2, 0.25) is 0 Å². The highest BCUT2D eigenvalue weighted by Crippen LogP contribution is 2.22. The Morgan fingerprint density at radius 2 is 1.90 bits per heavy atom. The lowest BCUT2D eigenvalue weighted by molar-refractivity contribution is -0.119. The molecule has 1 amide bonds. The second-order valence-corrected chi connectivity index (χ2v) is 7.68. The van der Waals surface area contributed by atoms with Crippen molar-refractivity contribution in [3.8, 4) is 0 Å². The number of ketones is 1. The zero-order chi connectivity index (χ0) is 21.3. The molecule has 3 aromatic rings. The Kier molecular flexibility index (Phi) is 5.44. The number of benzene rings is 1. The first-order valence-electron chi connectivity index (χ1n) is 10.3. The van der Waals surface area contributed by atoms with E-state index in [1.165, 1.54) is 17.8 Å². The molecule has 154 valence electrons. The Morgan fingerprint density at radius 3 is 2.60 bits per heavy atom. The first-order chi connectivity index (χ1) is 14.5. The van der Waals surface area contributed by atoms with Crippen LogP contribution in [0.4, 0.5) is 5.69 Å². The fourth-order valence-corrected chi connectivity index (χ4v) is 3.93. The van der Waals surface area contributed by atoms with Crippen LogP contribution in [0.5, 0.6) is 0 Å². The van der Waals surface area contributed by atoms with Gasteiger partial charge in [0.05, 0.1) is 5.39 Å².